The van der Waals surface area contributed by atoms with E-state index in [0.29, 0.717) is 4.31 Å². The lowest BCUT2D eigenvalue weighted by Gasteiger charge is -2.21. The number of carbonyl (C=O) groups excluding carboxylic acids is 1. The Morgan fingerprint density at radius 2 is 1.84 bits per heavy atom. The van der Waals surface area contributed by atoms with Crippen molar-refractivity contribution in [3.05, 3.63) is 28.2 Å². The van der Waals surface area contributed by atoms with E-state index in [0.717, 1.165) is 6.26 Å². The Bertz CT molecular complexity index is 586. The van der Waals surface area contributed by atoms with Crippen molar-refractivity contribution in [3.63, 3.8) is 0 Å². The Hall–Kier alpha value is -0.980. The zero-order valence-electron chi connectivity index (χ0n) is 10.6. The Kier molecular flexibility index (Phi) is 5.06. The van der Waals surface area contributed by atoms with Gasteiger partial charge in [-0.25, -0.2) is 13.2 Å². The molecule has 0 saturated heterocycles. The molecule has 5 nitrogen and oxygen atoms in total. The van der Waals surface area contributed by atoms with E-state index in [9.17, 15) is 13.2 Å². The summed E-state index contributed by atoms with van der Waals surface area (Å²) in [5.41, 5.74) is 0.0718. The second kappa shape index (κ2) is 5.98. The predicted molar refractivity (Wildman–Crippen MR) is 75.4 cm³/mol. The summed E-state index contributed by atoms with van der Waals surface area (Å²) in [5, 5.41) is 0.404. The van der Waals surface area contributed by atoms with Crippen LogP contribution < -0.4 is 4.31 Å². The van der Waals surface area contributed by atoms with Crippen LogP contribution in [0.25, 0.3) is 0 Å². The van der Waals surface area contributed by atoms with Gasteiger partial charge in [0, 0.05) is 0 Å². The van der Waals surface area contributed by atoms with Crippen LogP contribution in [0.2, 0.25) is 10.0 Å². The van der Waals surface area contributed by atoms with E-state index in [1.165, 1.54) is 18.2 Å². The van der Waals surface area contributed by atoms with Gasteiger partial charge in [0.15, 0.2) is 0 Å². The van der Waals surface area contributed by atoms with Gasteiger partial charge >= 0.3 is 6.09 Å². The maximum Gasteiger partial charge on any atom is 0.428 e. The summed E-state index contributed by atoms with van der Waals surface area (Å²) in [6.45, 7) is 3.24. The number of hydrogen-bond donors (Lipinski definition) is 0. The monoisotopic (exact) mass is 325 g/mol. The van der Waals surface area contributed by atoms with Gasteiger partial charge in [-0.3, -0.25) is 0 Å². The Morgan fingerprint density at radius 3 is 2.26 bits per heavy atom. The molecule has 1 aromatic carbocycles. The van der Waals surface area contributed by atoms with Crippen LogP contribution in [0.1, 0.15) is 13.8 Å². The van der Waals surface area contributed by atoms with Gasteiger partial charge in [0.05, 0.1) is 28.1 Å². The molecular weight excluding hydrogens is 313 g/mol. The summed E-state index contributed by atoms with van der Waals surface area (Å²) < 4.78 is 28.8. The molecule has 0 heterocycles. The normalized spacial score (nSPS) is 11.5. The largest absolute Gasteiger partial charge is 0.446 e. The second-order valence-electron chi connectivity index (χ2n) is 4.06. The van der Waals surface area contributed by atoms with Gasteiger partial charge in [0.2, 0.25) is 10.0 Å². The minimum absolute atomic E-state index is 0.0718. The van der Waals surface area contributed by atoms with Crippen molar-refractivity contribution < 1.29 is 17.9 Å². The molecular formula is C11H13Cl2NO4S. The molecule has 0 bridgehead atoms. The number of rotatable bonds is 3. The Morgan fingerprint density at radius 1 is 1.26 bits per heavy atom. The van der Waals surface area contributed by atoms with Crippen molar-refractivity contribution in [2.45, 2.75) is 20.0 Å². The van der Waals surface area contributed by atoms with Crippen molar-refractivity contribution in [1.29, 1.82) is 0 Å². The molecule has 1 aromatic rings. The lowest BCUT2D eigenvalue weighted by molar-refractivity contribution is 0.126. The van der Waals surface area contributed by atoms with Crippen molar-refractivity contribution in [1.82, 2.24) is 0 Å². The van der Waals surface area contributed by atoms with Gasteiger partial charge < -0.3 is 4.74 Å². The standard InChI is InChI=1S/C11H13Cl2NO4S/c1-7(2)18-11(15)14(19(3,16)17)8-4-5-9(12)10(13)6-8/h4-7H,1-3H3. The highest BCUT2D eigenvalue weighted by Gasteiger charge is 2.28. The van der Waals surface area contributed by atoms with E-state index in [2.05, 4.69) is 0 Å². The van der Waals surface area contributed by atoms with Crippen LogP contribution in [0.4, 0.5) is 10.5 Å². The highest BCUT2D eigenvalue weighted by Crippen LogP contribution is 2.28. The molecule has 0 aliphatic heterocycles. The van der Waals surface area contributed by atoms with Crippen LogP contribution in [0.5, 0.6) is 0 Å². The van der Waals surface area contributed by atoms with Gasteiger partial charge in [0.1, 0.15) is 0 Å². The van der Waals surface area contributed by atoms with Crippen LogP contribution in [0.3, 0.4) is 0 Å². The molecule has 0 aliphatic rings. The van der Waals surface area contributed by atoms with Crippen LogP contribution in [-0.2, 0) is 14.8 Å². The van der Waals surface area contributed by atoms with Crippen LogP contribution in [0.15, 0.2) is 18.2 Å². The maximum atomic E-state index is 11.8. The molecule has 0 N–H and O–H groups in total. The Labute approximate surface area is 122 Å². The molecule has 1 amide bonds. The van der Waals surface area contributed by atoms with E-state index >= 15 is 0 Å². The van der Waals surface area contributed by atoms with Gasteiger partial charge in [0.25, 0.3) is 0 Å². The second-order valence-corrected chi connectivity index (χ2v) is 6.70. The summed E-state index contributed by atoms with van der Waals surface area (Å²) in [6, 6.07) is 4.06. The molecule has 19 heavy (non-hydrogen) atoms. The number of nitrogens with zero attached hydrogens (tertiary/aromatic N) is 1. The smallest absolute Gasteiger partial charge is 0.428 e. The average molecular weight is 326 g/mol. The van der Waals surface area contributed by atoms with Crippen molar-refractivity contribution in [2.24, 2.45) is 0 Å². The summed E-state index contributed by atoms with van der Waals surface area (Å²) in [6.07, 6.45) is -0.535. The molecule has 0 radical (unpaired) electrons. The summed E-state index contributed by atoms with van der Waals surface area (Å²) in [7, 11) is -3.84. The molecule has 0 unspecified atom stereocenters. The van der Waals surface area contributed by atoms with Gasteiger partial charge in [-0.1, -0.05) is 23.2 Å². The zero-order valence-corrected chi connectivity index (χ0v) is 12.9. The number of anilines is 1. The summed E-state index contributed by atoms with van der Waals surface area (Å²) in [5.74, 6) is 0. The highest BCUT2D eigenvalue weighted by molar-refractivity contribution is 7.92. The molecule has 1 rings (SSSR count). The molecule has 0 atom stereocenters. The fraction of sp³-hybridized carbons (Fsp3) is 0.364. The number of sulfonamides is 1. The maximum absolute atomic E-state index is 11.8. The highest BCUT2D eigenvalue weighted by atomic mass is 35.5. The van der Waals surface area contributed by atoms with Crippen molar-refractivity contribution in [2.75, 3.05) is 10.6 Å². The van der Waals surface area contributed by atoms with Gasteiger partial charge in [-0.05, 0) is 32.0 Å². The molecule has 0 aromatic heterocycles. The lowest BCUT2D eigenvalue weighted by atomic mass is 10.3. The fourth-order valence-electron chi connectivity index (χ4n) is 1.29. The fourth-order valence-corrected chi connectivity index (χ4v) is 2.40. The molecule has 0 saturated carbocycles. The van der Waals surface area contributed by atoms with Crippen LogP contribution >= 0.6 is 23.2 Å². The molecule has 0 aliphatic carbocycles. The quantitative estimate of drug-likeness (QED) is 0.855. The first-order valence-electron chi connectivity index (χ1n) is 5.29. The summed E-state index contributed by atoms with van der Waals surface area (Å²) in [4.78, 5) is 11.8. The van der Waals surface area contributed by atoms with Crippen LogP contribution in [0, 0.1) is 0 Å². The number of amides is 1. The average Bonchev–Trinajstić information content (AvgIpc) is 2.20. The van der Waals surface area contributed by atoms with Crippen molar-refractivity contribution >= 4 is 45.0 Å². The van der Waals surface area contributed by atoms with E-state index in [-0.39, 0.29) is 15.7 Å². The molecule has 106 valence electrons. The van der Waals surface area contributed by atoms with Crippen molar-refractivity contribution in [3.8, 4) is 0 Å². The first-order chi connectivity index (χ1) is 8.62. The first-order valence-corrected chi connectivity index (χ1v) is 7.89. The van der Waals surface area contributed by atoms with Crippen LogP contribution in [-0.4, -0.2) is 26.9 Å². The minimum atomic E-state index is -3.84. The topological polar surface area (TPSA) is 63.7 Å². The van der Waals surface area contributed by atoms with E-state index in [1.54, 1.807) is 13.8 Å². The lowest BCUT2D eigenvalue weighted by Crippen LogP contribution is -2.37. The number of benzene rings is 1. The number of carbonyl (C=O) groups is 1. The summed E-state index contributed by atoms with van der Waals surface area (Å²) >= 11 is 11.6. The number of ether oxygens (including phenoxy) is 1. The molecule has 8 heteroatoms. The first kappa shape index (κ1) is 16.1. The SMILES string of the molecule is CC(C)OC(=O)N(c1ccc(Cl)c(Cl)c1)S(C)(=O)=O. The number of halogens is 2. The van der Waals surface area contributed by atoms with E-state index in [1.807, 2.05) is 0 Å². The van der Waals surface area contributed by atoms with Gasteiger partial charge in [-0.2, -0.15) is 4.31 Å². The molecule has 0 fully saturated rings. The zero-order chi connectivity index (χ0) is 14.8. The molecule has 0 spiro atoms. The third-order valence-corrected chi connectivity index (χ3v) is 3.73. The Balaban J connectivity index is 3.25. The third-order valence-electron chi connectivity index (χ3n) is 1.97. The van der Waals surface area contributed by atoms with Gasteiger partial charge in [-0.15, -0.1) is 0 Å². The van der Waals surface area contributed by atoms with E-state index < -0.39 is 22.2 Å². The number of hydrogen-bond acceptors (Lipinski definition) is 4. The predicted octanol–water partition coefficient (Wildman–Crippen LogP) is 3.30. The van der Waals surface area contributed by atoms with E-state index in [4.69, 9.17) is 27.9 Å². The third kappa shape index (κ3) is 4.26. The minimum Gasteiger partial charge on any atom is -0.446 e.